The molecule has 2 N–H and O–H groups in total. The van der Waals surface area contributed by atoms with Crippen LogP contribution in [0.15, 0.2) is 76.0 Å². The summed E-state index contributed by atoms with van der Waals surface area (Å²) >= 11 is 0. The maximum Gasteiger partial charge on any atom is 0.324 e. The minimum atomic E-state index is -3.94. The van der Waals surface area contributed by atoms with Crippen molar-refractivity contribution in [1.29, 1.82) is 0 Å². The third-order valence-corrected chi connectivity index (χ3v) is 7.84. The first kappa shape index (κ1) is 27.9. The molecule has 0 fully saturated rings. The summed E-state index contributed by atoms with van der Waals surface area (Å²) in [5.41, 5.74) is 3.43. The molecule has 3 aromatic carbocycles. The molecule has 1 aromatic heterocycles. The fourth-order valence-corrected chi connectivity index (χ4v) is 5.56. The van der Waals surface area contributed by atoms with E-state index < -0.39 is 22.0 Å². The summed E-state index contributed by atoms with van der Waals surface area (Å²) in [6.45, 7) is 5.27. The Morgan fingerprint density at radius 1 is 0.897 bits per heavy atom. The number of furan rings is 1. The van der Waals surface area contributed by atoms with Crippen molar-refractivity contribution in [3.8, 4) is 16.9 Å². The SMILES string of the molecule is COC(=O)C(NS(=O)(=O)c1ccc(-c2ccc(NC(=O)c3oc4cccc(OC)c4c3C)cc2)cc1)C(C)C. The molecule has 0 aliphatic carbocycles. The molecule has 0 saturated heterocycles. The Balaban J connectivity index is 1.48. The lowest BCUT2D eigenvalue weighted by Gasteiger charge is -2.19. The zero-order valence-corrected chi connectivity index (χ0v) is 23.1. The van der Waals surface area contributed by atoms with Crippen molar-refractivity contribution in [2.24, 2.45) is 5.92 Å². The summed E-state index contributed by atoms with van der Waals surface area (Å²) < 4.78 is 44.0. The van der Waals surface area contributed by atoms with Gasteiger partial charge in [0.15, 0.2) is 5.76 Å². The van der Waals surface area contributed by atoms with Gasteiger partial charge in [-0.2, -0.15) is 4.72 Å². The summed E-state index contributed by atoms with van der Waals surface area (Å²) in [5.74, 6) is -0.477. The van der Waals surface area contributed by atoms with Gasteiger partial charge in [-0.25, -0.2) is 8.42 Å². The Morgan fingerprint density at radius 3 is 2.08 bits per heavy atom. The maximum absolute atomic E-state index is 12.9. The summed E-state index contributed by atoms with van der Waals surface area (Å²) in [6.07, 6.45) is 0. The number of nitrogens with one attached hydrogen (secondary N) is 2. The third kappa shape index (κ3) is 5.81. The molecule has 0 aliphatic rings. The number of rotatable bonds is 9. The van der Waals surface area contributed by atoms with Gasteiger partial charge in [0, 0.05) is 11.3 Å². The molecule has 1 unspecified atom stereocenters. The Hall–Kier alpha value is -4.15. The topological polar surface area (TPSA) is 124 Å². The van der Waals surface area contributed by atoms with Crippen LogP contribution < -0.4 is 14.8 Å². The van der Waals surface area contributed by atoms with Crippen molar-refractivity contribution in [3.63, 3.8) is 0 Å². The highest BCUT2D eigenvalue weighted by Crippen LogP contribution is 2.33. The molecular weight excluding hydrogens is 520 g/mol. The second-order valence-corrected chi connectivity index (χ2v) is 11.0. The third-order valence-electron chi connectivity index (χ3n) is 6.39. The van der Waals surface area contributed by atoms with Gasteiger partial charge in [-0.05, 0) is 60.4 Å². The van der Waals surface area contributed by atoms with Crippen molar-refractivity contribution < 1.29 is 31.9 Å². The van der Waals surface area contributed by atoms with Gasteiger partial charge in [0.2, 0.25) is 10.0 Å². The minimum absolute atomic E-state index is 0.0301. The van der Waals surface area contributed by atoms with Crippen LogP contribution in [0.1, 0.15) is 30.0 Å². The average Bonchev–Trinajstić information content (AvgIpc) is 3.28. The predicted molar refractivity (Wildman–Crippen MR) is 148 cm³/mol. The van der Waals surface area contributed by atoms with Crippen LogP contribution in [0.4, 0.5) is 5.69 Å². The van der Waals surface area contributed by atoms with E-state index in [1.807, 2.05) is 25.1 Å². The molecule has 0 aliphatic heterocycles. The largest absolute Gasteiger partial charge is 0.496 e. The van der Waals surface area contributed by atoms with Gasteiger partial charge in [0.05, 0.1) is 24.5 Å². The highest BCUT2D eigenvalue weighted by molar-refractivity contribution is 7.89. The van der Waals surface area contributed by atoms with Gasteiger partial charge in [-0.3, -0.25) is 9.59 Å². The number of carbonyl (C=O) groups excluding carboxylic acids is 2. The van der Waals surface area contributed by atoms with Crippen LogP contribution in [0, 0.1) is 12.8 Å². The molecule has 4 rings (SSSR count). The first-order valence-electron chi connectivity index (χ1n) is 12.2. The Morgan fingerprint density at radius 2 is 1.51 bits per heavy atom. The number of esters is 1. The number of aryl methyl sites for hydroxylation is 1. The van der Waals surface area contributed by atoms with Crippen LogP contribution in [-0.2, 0) is 19.6 Å². The van der Waals surface area contributed by atoms with E-state index in [4.69, 9.17) is 13.9 Å². The molecule has 1 heterocycles. The summed E-state index contributed by atoms with van der Waals surface area (Å²) in [5, 5.41) is 3.60. The van der Waals surface area contributed by atoms with E-state index in [1.54, 1.807) is 57.4 Å². The summed E-state index contributed by atoms with van der Waals surface area (Å²) in [6, 6.07) is 17.8. The van der Waals surface area contributed by atoms with Crippen molar-refractivity contribution in [2.75, 3.05) is 19.5 Å². The molecule has 0 radical (unpaired) electrons. The molecule has 1 amide bonds. The fourth-order valence-electron chi connectivity index (χ4n) is 4.23. The lowest BCUT2D eigenvalue weighted by molar-refractivity contribution is -0.143. The highest BCUT2D eigenvalue weighted by Gasteiger charge is 2.29. The molecule has 9 nitrogen and oxygen atoms in total. The van der Waals surface area contributed by atoms with Gasteiger partial charge in [-0.15, -0.1) is 0 Å². The minimum Gasteiger partial charge on any atom is -0.496 e. The molecule has 0 spiro atoms. The number of benzene rings is 3. The van der Waals surface area contributed by atoms with Crippen molar-refractivity contribution in [1.82, 2.24) is 4.72 Å². The van der Waals surface area contributed by atoms with Crippen molar-refractivity contribution >= 4 is 38.6 Å². The number of fused-ring (bicyclic) bond motifs is 1. The lowest BCUT2D eigenvalue weighted by Crippen LogP contribution is -2.44. The Labute approximate surface area is 227 Å². The van der Waals surface area contributed by atoms with Crippen LogP contribution in [0.25, 0.3) is 22.1 Å². The van der Waals surface area contributed by atoms with E-state index in [1.165, 1.54) is 19.2 Å². The Bertz CT molecular complexity index is 1610. The quantitative estimate of drug-likeness (QED) is 0.276. The Kier molecular flexibility index (Phi) is 8.08. The van der Waals surface area contributed by atoms with Crippen LogP contribution in [-0.4, -0.2) is 40.6 Å². The summed E-state index contributed by atoms with van der Waals surface area (Å²) in [4.78, 5) is 24.9. The number of hydrogen-bond acceptors (Lipinski definition) is 7. The smallest absolute Gasteiger partial charge is 0.324 e. The number of anilines is 1. The first-order chi connectivity index (χ1) is 18.6. The van der Waals surface area contributed by atoms with Gasteiger partial charge in [0.25, 0.3) is 5.91 Å². The molecule has 1 atom stereocenters. The van der Waals surface area contributed by atoms with Crippen molar-refractivity contribution in [3.05, 3.63) is 78.1 Å². The standard InChI is InChI=1S/C29H30N2O7S/c1-17(2)26(29(33)37-5)31-39(34,35)22-15-11-20(12-16-22)19-9-13-21(14-10-19)30-28(32)27-18(3)25-23(36-4)7-6-8-24(25)38-27/h6-17,26,31H,1-5H3,(H,30,32). The second kappa shape index (κ2) is 11.3. The second-order valence-electron chi connectivity index (χ2n) is 9.31. The molecule has 204 valence electrons. The van der Waals surface area contributed by atoms with Gasteiger partial charge in [-0.1, -0.05) is 44.2 Å². The molecule has 4 aromatic rings. The normalized spacial score (nSPS) is 12.4. The highest BCUT2D eigenvalue weighted by atomic mass is 32.2. The van der Waals surface area contributed by atoms with E-state index >= 15 is 0 Å². The number of sulfonamides is 1. The van der Waals surface area contributed by atoms with Gasteiger partial charge >= 0.3 is 5.97 Å². The number of hydrogen-bond donors (Lipinski definition) is 2. The van der Waals surface area contributed by atoms with Crippen LogP contribution in [0.3, 0.4) is 0 Å². The number of amides is 1. The van der Waals surface area contributed by atoms with Crippen LogP contribution in [0.5, 0.6) is 5.75 Å². The fraction of sp³-hybridized carbons (Fsp3) is 0.241. The number of carbonyl (C=O) groups is 2. The molecule has 10 heteroatoms. The van der Waals surface area contributed by atoms with E-state index in [9.17, 15) is 18.0 Å². The average molecular weight is 551 g/mol. The van der Waals surface area contributed by atoms with Gasteiger partial charge < -0.3 is 19.2 Å². The molecule has 39 heavy (non-hydrogen) atoms. The lowest BCUT2D eigenvalue weighted by atomic mass is 10.1. The first-order valence-corrected chi connectivity index (χ1v) is 13.7. The zero-order chi connectivity index (χ0) is 28.3. The van der Waals surface area contributed by atoms with E-state index in [-0.39, 0.29) is 22.5 Å². The van der Waals surface area contributed by atoms with Gasteiger partial charge in [0.1, 0.15) is 17.4 Å². The molecular formula is C29H30N2O7S. The summed E-state index contributed by atoms with van der Waals surface area (Å²) in [7, 11) is -1.15. The number of ether oxygens (including phenoxy) is 2. The van der Waals surface area contributed by atoms with Crippen LogP contribution in [0.2, 0.25) is 0 Å². The van der Waals surface area contributed by atoms with Crippen molar-refractivity contribution in [2.45, 2.75) is 31.7 Å². The zero-order valence-electron chi connectivity index (χ0n) is 22.3. The predicted octanol–water partition coefficient (Wildman–Crippen LogP) is 5.15. The van der Waals surface area contributed by atoms with E-state index in [2.05, 4.69) is 10.0 Å². The number of methoxy groups -OCH3 is 2. The molecule has 0 saturated carbocycles. The van der Waals surface area contributed by atoms with E-state index in [0.29, 0.717) is 22.6 Å². The van der Waals surface area contributed by atoms with Crippen LogP contribution >= 0.6 is 0 Å². The molecule has 0 bridgehead atoms. The maximum atomic E-state index is 12.9. The van der Waals surface area contributed by atoms with E-state index in [0.717, 1.165) is 16.5 Å². The monoisotopic (exact) mass is 550 g/mol.